The molecule has 178 valence electrons. The van der Waals surface area contributed by atoms with Crippen molar-refractivity contribution >= 4 is 17.3 Å². The van der Waals surface area contributed by atoms with Crippen LogP contribution in [0.2, 0.25) is 0 Å². The van der Waals surface area contributed by atoms with Gasteiger partial charge in [0, 0.05) is 43.9 Å². The minimum atomic E-state index is -4.90. The van der Waals surface area contributed by atoms with Gasteiger partial charge in [-0.05, 0) is 44.9 Å². The molecule has 0 aromatic carbocycles. The molecule has 11 heteroatoms. The third kappa shape index (κ3) is 4.46. The van der Waals surface area contributed by atoms with E-state index in [0.717, 1.165) is 30.0 Å². The zero-order valence-electron chi connectivity index (χ0n) is 19.2. The van der Waals surface area contributed by atoms with Gasteiger partial charge in [0.2, 0.25) is 5.84 Å². The first-order valence-corrected chi connectivity index (χ1v) is 10.8. The topological polar surface area (TPSA) is 94.1 Å². The molecule has 0 saturated carbocycles. The predicted octanol–water partition coefficient (Wildman–Crippen LogP) is 2.94. The normalized spacial score (nSPS) is 18.3. The SMILES string of the molecule is Cc1c(N2CCc3ncc(N4CCOC(C)(C)C4)cc3C2)nn(C(=N)C(F)(F)F)c(=N)c1C. The summed E-state index contributed by atoms with van der Waals surface area (Å²) in [5, 5.41) is 19.7. The van der Waals surface area contributed by atoms with E-state index in [4.69, 9.17) is 15.6 Å². The fourth-order valence-electron chi connectivity index (χ4n) is 4.31. The van der Waals surface area contributed by atoms with Crippen molar-refractivity contribution in [3.8, 4) is 0 Å². The first-order valence-electron chi connectivity index (χ1n) is 10.8. The van der Waals surface area contributed by atoms with Gasteiger partial charge >= 0.3 is 6.18 Å². The zero-order chi connectivity index (χ0) is 24.1. The lowest BCUT2D eigenvalue weighted by Crippen LogP contribution is -2.48. The van der Waals surface area contributed by atoms with Gasteiger partial charge in [-0.1, -0.05) is 0 Å². The Kier molecular flexibility index (Phi) is 5.71. The van der Waals surface area contributed by atoms with Crippen LogP contribution in [0.4, 0.5) is 24.7 Å². The molecule has 1 fully saturated rings. The van der Waals surface area contributed by atoms with Crippen molar-refractivity contribution in [3.05, 3.63) is 40.1 Å². The number of pyridine rings is 1. The monoisotopic (exact) mass is 463 g/mol. The van der Waals surface area contributed by atoms with Crippen molar-refractivity contribution in [3.63, 3.8) is 0 Å². The summed E-state index contributed by atoms with van der Waals surface area (Å²) in [6, 6.07) is 2.09. The molecule has 2 aliphatic rings. The number of hydrogen-bond donors (Lipinski definition) is 2. The van der Waals surface area contributed by atoms with Crippen LogP contribution in [-0.2, 0) is 17.7 Å². The molecule has 2 aromatic rings. The second-order valence-corrected chi connectivity index (χ2v) is 9.18. The van der Waals surface area contributed by atoms with Gasteiger partial charge in [-0.15, -0.1) is 5.10 Å². The largest absolute Gasteiger partial charge is 0.451 e. The molecular weight excluding hydrogens is 435 g/mol. The lowest BCUT2D eigenvalue weighted by Gasteiger charge is -2.40. The number of ether oxygens (including phenoxy) is 1. The minimum absolute atomic E-state index is 0.257. The Balaban J connectivity index is 1.67. The smallest absolute Gasteiger partial charge is 0.372 e. The van der Waals surface area contributed by atoms with Crippen LogP contribution in [0.1, 0.15) is 36.2 Å². The number of morpholine rings is 1. The van der Waals surface area contributed by atoms with Crippen molar-refractivity contribution in [1.29, 1.82) is 10.8 Å². The molecule has 2 N–H and O–H groups in total. The summed E-state index contributed by atoms with van der Waals surface area (Å²) in [4.78, 5) is 8.79. The maximum Gasteiger partial charge on any atom is 0.451 e. The number of hydrogen-bond acceptors (Lipinski definition) is 7. The Morgan fingerprint density at radius 3 is 2.55 bits per heavy atom. The third-order valence-corrected chi connectivity index (χ3v) is 6.26. The Labute approximate surface area is 190 Å². The quantitative estimate of drug-likeness (QED) is 0.528. The van der Waals surface area contributed by atoms with E-state index in [9.17, 15) is 13.2 Å². The van der Waals surface area contributed by atoms with E-state index in [2.05, 4.69) is 21.0 Å². The van der Waals surface area contributed by atoms with Crippen molar-refractivity contribution in [2.24, 2.45) is 0 Å². The van der Waals surface area contributed by atoms with E-state index in [1.807, 2.05) is 24.9 Å². The second kappa shape index (κ2) is 8.12. The standard InChI is InChI=1S/C22H28F3N7O/c1-13-14(2)19(29-32(18(13)26)20(27)22(23,24)25)30-6-5-17-15(11-30)9-16(10-28-17)31-7-8-33-21(3,4)12-31/h9-10,26-27H,5-8,11-12H2,1-4H3. The van der Waals surface area contributed by atoms with E-state index in [0.29, 0.717) is 47.7 Å². The first kappa shape index (κ1) is 23.2. The van der Waals surface area contributed by atoms with Gasteiger partial charge in [0.05, 0.1) is 24.1 Å². The van der Waals surface area contributed by atoms with Gasteiger partial charge in [-0.25, -0.2) is 0 Å². The highest BCUT2D eigenvalue weighted by Gasteiger charge is 2.38. The zero-order valence-corrected chi connectivity index (χ0v) is 19.2. The average Bonchev–Trinajstić information content (AvgIpc) is 2.75. The summed E-state index contributed by atoms with van der Waals surface area (Å²) >= 11 is 0. The van der Waals surface area contributed by atoms with Crippen molar-refractivity contribution in [2.75, 3.05) is 36.0 Å². The highest BCUT2D eigenvalue weighted by Crippen LogP contribution is 2.29. The number of anilines is 2. The molecule has 2 aliphatic heterocycles. The fraction of sp³-hybridized carbons (Fsp3) is 0.545. The third-order valence-electron chi connectivity index (χ3n) is 6.26. The molecule has 1 saturated heterocycles. The molecule has 0 amide bonds. The fourth-order valence-corrected chi connectivity index (χ4v) is 4.31. The second-order valence-electron chi connectivity index (χ2n) is 9.18. The predicted molar refractivity (Wildman–Crippen MR) is 118 cm³/mol. The van der Waals surface area contributed by atoms with Gasteiger partial charge in [-0.3, -0.25) is 15.8 Å². The minimum Gasteiger partial charge on any atom is -0.372 e. The van der Waals surface area contributed by atoms with E-state index in [1.54, 1.807) is 13.8 Å². The van der Waals surface area contributed by atoms with E-state index < -0.39 is 17.5 Å². The summed E-state index contributed by atoms with van der Waals surface area (Å²) < 4.78 is 45.7. The number of alkyl halides is 3. The molecule has 0 atom stereocenters. The summed E-state index contributed by atoms with van der Waals surface area (Å²) in [5.74, 6) is -1.32. The Hall–Kier alpha value is -2.95. The van der Waals surface area contributed by atoms with Crippen LogP contribution < -0.4 is 15.3 Å². The van der Waals surface area contributed by atoms with Gasteiger partial charge in [0.25, 0.3) is 0 Å². The molecule has 0 bridgehead atoms. The summed E-state index contributed by atoms with van der Waals surface area (Å²) in [6.45, 7) is 10.5. The highest BCUT2D eigenvalue weighted by atomic mass is 19.4. The maximum absolute atomic E-state index is 13.2. The first-order chi connectivity index (χ1) is 15.4. The van der Waals surface area contributed by atoms with Crippen LogP contribution in [0.25, 0.3) is 0 Å². The van der Waals surface area contributed by atoms with Crippen LogP contribution in [0, 0.1) is 24.7 Å². The Morgan fingerprint density at radius 2 is 1.88 bits per heavy atom. The van der Waals surface area contributed by atoms with Crippen LogP contribution in [0.5, 0.6) is 0 Å². The average molecular weight is 464 g/mol. The van der Waals surface area contributed by atoms with Crippen LogP contribution in [0.3, 0.4) is 0 Å². The molecule has 8 nitrogen and oxygen atoms in total. The summed E-state index contributed by atoms with van der Waals surface area (Å²) in [5.41, 5.74) is 3.25. The lowest BCUT2D eigenvalue weighted by molar-refractivity contribution is -0.0632. The summed E-state index contributed by atoms with van der Waals surface area (Å²) in [6.07, 6.45) is -2.40. The number of rotatable bonds is 2. The van der Waals surface area contributed by atoms with E-state index >= 15 is 0 Å². The van der Waals surface area contributed by atoms with Gasteiger partial charge in [-0.2, -0.15) is 17.9 Å². The van der Waals surface area contributed by atoms with Gasteiger partial charge in [0.1, 0.15) is 0 Å². The summed E-state index contributed by atoms with van der Waals surface area (Å²) in [7, 11) is 0. The lowest BCUT2D eigenvalue weighted by atomic mass is 10.0. The molecule has 0 aliphatic carbocycles. The Bertz CT molecular complexity index is 1160. The number of nitrogens with one attached hydrogen (secondary N) is 2. The van der Waals surface area contributed by atoms with Crippen molar-refractivity contribution in [1.82, 2.24) is 14.8 Å². The van der Waals surface area contributed by atoms with E-state index in [1.165, 1.54) is 0 Å². The molecule has 0 spiro atoms. The van der Waals surface area contributed by atoms with Crippen LogP contribution in [-0.4, -0.2) is 58.6 Å². The molecule has 4 rings (SSSR count). The van der Waals surface area contributed by atoms with E-state index in [-0.39, 0.29) is 5.60 Å². The molecule has 0 radical (unpaired) electrons. The number of aromatic nitrogens is 3. The maximum atomic E-state index is 13.2. The Morgan fingerprint density at radius 1 is 1.15 bits per heavy atom. The van der Waals surface area contributed by atoms with Crippen LogP contribution in [0.15, 0.2) is 12.3 Å². The molecule has 33 heavy (non-hydrogen) atoms. The molecular formula is C22H28F3N7O. The number of fused-ring (bicyclic) bond motifs is 1. The van der Waals surface area contributed by atoms with Crippen LogP contribution >= 0.6 is 0 Å². The number of halogens is 3. The number of nitrogens with zero attached hydrogens (tertiary/aromatic N) is 5. The molecule has 2 aromatic heterocycles. The molecule has 4 heterocycles. The van der Waals surface area contributed by atoms with Gasteiger partial charge in [0.15, 0.2) is 11.3 Å². The van der Waals surface area contributed by atoms with Gasteiger partial charge < -0.3 is 14.5 Å². The molecule has 0 unspecified atom stereocenters. The van der Waals surface area contributed by atoms with Crippen molar-refractivity contribution in [2.45, 2.75) is 52.4 Å². The highest BCUT2D eigenvalue weighted by molar-refractivity contribution is 5.86. The van der Waals surface area contributed by atoms with Crippen molar-refractivity contribution < 1.29 is 17.9 Å².